The lowest BCUT2D eigenvalue weighted by molar-refractivity contribution is 0.0188. The Labute approximate surface area is 148 Å². The molecule has 2 aromatic carbocycles. The Bertz CT molecular complexity index is 725. The third-order valence-electron chi connectivity index (χ3n) is 3.53. The van der Waals surface area contributed by atoms with E-state index in [1.54, 1.807) is 31.3 Å². The molecule has 130 valence electrons. The van der Waals surface area contributed by atoms with Gasteiger partial charge in [-0.25, -0.2) is 4.79 Å². The van der Waals surface area contributed by atoms with E-state index in [2.05, 4.69) is 11.2 Å². The summed E-state index contributed by atoms with van der Waals surface area (Å²) < 4.78 is 5.48. The highest BCUT2D eigenvalue weighted by Crippen LogP contribution is 2.10. The van der Waals surface area contributed by atoms with Gasteiger partial charge in [-0.2, -0.15) is 0 Å². The van der Waals surface area contributed by atoms with Crippen LogP contribution in [-0.2, 0) is 11.3 Å². The number of nitrogens with zero attached hydrogens (tertiary/aromatic N) is 1. The molecular weight excluding hydrogens is 316 g/mol. The van der Waals surface area contributed by atoms with Crippen molar-refractivity contribution in [3.8, 4) is 12.3 Å². The van der Waals surface area contributed by atoms with Crippen LogP contribution in [0.2, 0.25) is 0 Å². The molecule has 0 aliphatic carbocycles. The maximum Gasteiger partial charge on any atom is 0.321 e. The molecule has 2 rings (SSSR count). The average molecular weight is 338 g/mol. The Kier molecular flexibility index (Phi) is 7.02. The van der Waals surface area contributed by atoms with Crippen LogP contribution in [0.5, 0.6) is 0 Å². The summed E-state index contributed by atoms with van der Waals surface area (Å²) in [5.41, 5.74) is 2.34. The van der Waals surface area contributed by atoms with Crippen molar-refractivity contribution in [2.45, 2.75) is 12.7 Å². The molecule has 25 heavy (non-hydrogen) atoms. The van der Waals surface area contributed by atoms with Crippen LogP contribution in [0.4, 0.5) is 10.5 Å². The van der Waals surface area contributed by atoms with Gasteiger partial charge in [0.05, 0.1) is 25.9 Å². The van der Waals surface area contributed by atoms with Crippen molar-refractivity contribution < 1.29 is 14.6 Å². The minimum Gasteiger partial charge on any atom is -0.389 e. The topological polar surface area (TPSA) is 61.8 Å². The van der Waals surface area contributed by atoms with Gasteiger partial charge < -0.3 is 20.1 Å². The second-order valence-electron chi connectivity index (χ2n) is 5.69. The zero-order valence-corrected chi connectivity index (χ0v) is 14.2. The van der Waals surface area contributed by atoms with Gasteiger partial charge >= 0.3 is 6.03 Å². The number of benzene rings is 2. The molecule has 0 bridgehead atoms. The van der Waals surface area contributed by atoms with Gasteiger partial charge in [0, 0.05) is 18.3 Å². The Morgan fingerprint density at radius 3 is 2.76 bits per heavy atom. The van der Waals surface area contributed by atoms with Crippen LogP contribution in [0.25, 0.3) is 0 Å². The molecule has 1 atom stereocenters. The molecule has 1 unspecified atom stereocenters. The number of nitrogens with one attached hydrogen (secondary N) is 1. The van der Waals surface area contributed by atoms with Crippen LogP contribution in [0.1, 0.15) is 11.1 Å². The summed E-state index contributed by atoms with van der Waals surface area (Å²) >= 11 is 0. The number of carbonyl (C=O) groups excluding carboxylic acids is 1. The highest BCUT2D eigenvalue weighted by molar-refractivity contribution is 5.89. The Morgan fingerprint density at radius 1 is 1.28 bits per heavy atom. The van der Waals surface area contributed by atoms with E-state index in [9.17, 15) is 9.90 Å². The molecule has 0 radical (unpaired) electrons. The maximum absolute atomic E-state index is 12.2. The Hall–Kier alpha value is -2.81. The van der Waals surface area contributed by atoms with Crippen molar-refractivity contribution >= 4 is 11.7 Å². The van der Waals surface area contributed by atoms with Crippen LogP contribution < -0.4 is 5.32 Å². The molecule has 2 amide bonds. The smallest absolute Gasteiger partial charge is 0.321 e. The average Bonchev–Trinajstić information content (AvgIpc) is 2.62. The molecule has 0 aromatic heterocycles. The minimum absolute atomic E-state index is 0.152. The normalized spacial score (nSPS) is 11.4. The monoisotopic (exact) mass is 338 g/mol. The first kappa shape index (κ1) is 18.5. The van der Waals surface area contributed by atoms with E-state index in [4.69, 9.17) is 11.2 Å². The molecule has 0 saturated heterocycles. The van der Waals surface area contributed by atoms with Crippen LogP contribution in [0, 0.1) is 12.3 Å². The van der Waals surface area contributed by atoms with Gasteiger partial charge in [-0.3, -0.25) is 0 Å². The zero-order valence-electron chi connectivity index (χ0n) is 14.2. The fourth-order valence-electron chi connectivity index (χ4n) is 2.24. The maximum atomic E-state index is 12.2. The quantitative estimate of drug-likeness (QED) is 0.763. The summed E-state index contributed by atoms with van der Waals surface area (Å²) in [5, 5.41) is 12.8. The number of likely N-dealkylation sites (N-methyl/N-ethyl adjacent to an activating group) is 1. The summed E-state index contributed by atoms with van der Waals surface area (Å²) in [6.07, 6.45) is 4.58. The molecule has 0 heterocycles. The van der Waals surface area contributed by atoms with Gasteiger partial charge in [0.1, 0.15) is 0 Å². The second kappa shape index (κ2) is 9.48. The lowest BCUT2D eigenvalue weighted by atomic mass is 10.2. The van der Waals surface area contributed by atoms with E-state index in [-0.39, 0.29) is 19.2 Å². The first-order valence-electron chi connectivity index (χ1n) is 7.97. The van der Waals surface area contributed by atoms with Gasteiger partial charge in [0.25, 0.3) is 0 Å². The SMILES string of the molecule is C#Cc1cccc(NC(=O)N(C)CC(O)COCc2ccccc2)c1. The van der Waals surface area contributed by atoms with Crippen molar-refractivity contribution in [3.05, 3.63) is 65.7 Å². The van der Waals surface area contributed by atoms with Crippen molar-refractivity contribution in [3.63, 3.8) is 0 Å². The van der Waals surface area contributed by atoms with Crippen LogP contribution in [0.3, 0.4) is 0 Å². The predicted octanol–water partition coefficient (Wildman–Crippen LogP) is 2.71. The minimum atomic E-state index is -0.767. The largest absolute Gasteiger partial charge is 0.389 e. The number of carbonyl (C=O) groups is 1. The third-order valence-corrected chi connectivity index (χ3v) is 3.53. The highest BCUT2D eigenvalue weighted by Gasteiger charge is 2.14. The molecule has 2 N–H and O–H groups in total. The number of amides is 2. The second-order valence-corrected chi connectivity index (χ2v) is 5.69. The molecule has 5 nitrogen and oxygen atoms in total. The summed E-state index contributed by atoms with van der Waals surface area (Å²) in [4.78, 5) is 13.6. The lowest BCUT2D eigenvalue weighted by Crippen LogP contribution is -2.38. The van der Waals surface area contributed by atoms with Crippen LogP contribution in [0.15, 0.2) is 54.6 Å². The first-order chi connectivity index (χ1) is 12.1. The van der Waals surface area contributed by atoms with Gasteiger partial charge in [-0.1, -0.05) is 42.3 Å². The number of urea groups is 1. The van der Waals surface area contributed by atoms with Crippen molar-refractivity contribution in [1.29, 1.82) is 0 Å². The van der Waals surface area contributed by atoms with E-state index in [1.807, 2.05) is 30.3 Å². The first-order valence-corrected chi connectivity index (χ1v) is 7.97. The number of hydrogen-bond donors (Lipinski definition) is 2. The Balaban J connectivity index is 1.75. The van der Waals surface area contributed by atoms with Crippen molar-refractivity contribution in [2.75, 3.05) is 25.5 Å². The number of anilines is 1. The molecule has 0 saturated carbocycles. The van der Waals surface area contributed by atoms with E-state index in [0.717, 1.165) is 5.56 Å². The Morgan fingerprint density at radius 2 is 2.04 bits per heavy atom. The number of aliphatic hydroxyl groups is 1. The van der Waals surface area contributed by atoms with Crippen molar-refractivity contribution in [2.24, 2.45) is 0 Å². The number of rotatable bonds is 7. The predicted molar refractivity (Wildman–Crippen MR) is 98.1 cm³/mol. The molecule has 5 heteroatoms. The van der Waals surface area contributed by atoms with Gasteiger partial charge in [-0.05, 0) is 23.8 Å². The molecule has 0 spiro atoms. The zero-order chi connectivity index (χ0) is 18.1. The summed E-state index contributed by atoms with van der Waals surface area (Å²) in [6, 6.07) is 16.4. The number of ether oxygens (including phenoxy) is 1. The van der Waals surface area contributed by atoms with E-state index >= 15 is 0 Å². The molecule has 2 aromatic rings. The summed E-state index contributed by atoms with van der Waals surface area (Å²) in [6.45, 7) is 0.737. The summed E-state index contributed by atoms with van der Waals surface area (Å²) in [7, 11) is 1.61. The standard InChI is InChI=1S/C20H22N2O3/c1-3-16-10-7-11-18(12-16)21-20(24)22(2)13-19(23)15-25-14-17-8-5-4-6-9-17/h1,4-12,19,23H,13-15H2,2H3,(H,21,24). The van der Waals surface area contributed by atoms with Gasteiger partial charge in [-0.15, -0.1) is 6.42 Å². The van der Waals surface area contributed by atoms with Crippen molar-refractivity contribution in [1.82, 2.24) is 4.90 Å². The number of hydrogen-bond acceptors (Lipinski definition) is 3. The van der Waals surface area contributed by atoms with E-state index in [1.165, 1.54) is 4.90 Å². The molecule has 0 aliphatic heterocycles. The van der Waals surface area contributed by atoms with Crippen LogP contribution in [-0.4, -0.2) is 42.3 Å². The molecule has 0 fully saturated rings. The fourth-order valence-corrected chi connectivity index (χ4v) is 2.24. The lowest BCUT2D eigenvalue weighted by Gasteiger charge is -2.21. The van der Waals surface area contributed by atoms with Crippen LogP contribution >= 0.6 is 0 Å². The van der Waals surface area contributed by atoms with E-state index in [0.29, 0.717) is 17.9 Å². The van der Waals surface area contributed by atoms with E-state index < -0.39 is 6.10 Å². The molecule has 0 aliphatic rings. The van der Waals surface area contributed by atoms with Gasteiger partial charge in [0.2, 0.25) is 0 Å². The highest BCUT2D eigenvalue weighted by atomic mass is 16.5. The fraction of sp³-hybridized carbons (Fsp3) is 0.250. The molecular formula is C20H22N2O3. The summed E-state index contributed by atoms with van der Waals surface area (Å²) in [5.74, 6) is 2.52. The third kappa shape index (κ3) is 6.30. The van der Waals surface area contributed by atoms with Gasteiger partial charge in [0.15, 0.2) is 0 Å². The number of aliphatic hydroxyl groups excluding tert-OH is 1. The number of terminal acetylenes is 1.